The molecule has 4 nitrogen and oxygen atoms in total. The average Bonchev–Trinajstić information content (AvgIpc) is 2.13. The molecule has 1 saturated heterocycles. The van der Waals surface area contributed by atoms with Crippen LogP contribution in [-0.4, -0.2) is 17.6 Å². The summed E-state index contributed by atoms with van der Waals surface area (Å²) in [6.07, 6.45) is 4.65. The van der Waals surface area contributed by atoms with Gasteiger partial charge in [0.15, 0.2) is 0 Å². The lowest BCUT2D eigenvalue weighted by Crippen LogP contribution is -2.29. The SMILES string of the molecule is CC(C)(C)C1CCCCCCOP(=O)(O)O1. The Balaban J connectivity index is 2.69. The van der Waals surface area contributed by atoms with Gasteiger partial charge in [0.2, 0.25) is 0 Å². The number of hydrogen-bond acceptors (Lipinski definition) is 3. The van der Waals surface area contributed by atoms with Crippen LogP contribution in [0.4, 0.5) is 0 Å². The first-order valence-electron chi connectivity index (χ1n) is 5.97. The van der Waals surface area contributed by atoms with E-state index in [1.807, 2.05) is 20.8 Å². The van der Waals surface area contributed by atoms with Crippen molar-refractivity contribution in [2.45, 2.75) is 59.0 Å². The minimum atomic E-state index is -3.86. The van der Waals surface area contributed by atoms with E-state index in [9.17, 15) is 9.46 Å². The van der Waals surface area contributed by atoms with Gasteiger partial charge in [-0.3, -0.25) is 9.05 Å². The van der Waals surface area contributed by atoms with Crippen LogP contribution in [-0.2, 0) is 13.6 Å². The summed E-state index contributed by atoms with van der Waals surface area (Å²) in [5.74, 6) is 0. The number of phosphoric acid groups is 1. The van der Waals surface area contributed by atoms with Crippen molar-refractivity contribution in [3.63, 3.8) is 0 Å². The molecule has 2 atom stereocenters. The van der Waals surface area contributed by atoms with Crippen molar-refractivity contribution in [3.8, 4) is 0 Å². The minimum absolute atomic E-state index is 0.138. The van der Waals surface area contributed by atoms with Crippen molar-refractivity contribution in [1.82, 2.24) is 0 Å². The van der Waals surface area contributed by atoms with Crippen LogP contribution in [0.15, 0.2) is 0 Å². The zero-order valence-corrected chi connectivity index (χ0v) is 11.3. The molecule has 0 bridgehead atoms. The molecular weight excluding hydrogens is 227 g/mol. The number of phosphoric ester groups is 1. The zero-order valence-electron chi connectivity index (χ0n) is 10.4. The summed E-state index contributed by atoms with van der Waals surface area (Å²) in [4.78, 5) is 9.54. The largest absolute Gasteiger partial charge is 0.472 e. The molecule has 1 heterocycles. The van der Waals surface area contributed by atoms with Crippen LogP contribution in [0.1, 0.15) is 52.9 Å². The standard InChI is InChI=1S/C11H23O4P/c1-11(2,3)10-8-6-4-5-7-9-14-16(12,13)15-10/h10H,4-9H2,1-3H3,(H,12,13). The fraction of sp³-hybridized carbons (Fsp3) is 1.00. The predicted molar refractivity (Wildman–Crippen MR) is 63.2 cm³/mol. The topological polar surface area (TPSA) is 55.8 Å². The lowest BCUT2D eigenvalue weighted by Gasteiger charge is -2.32. The van der Waals surface area contributed by atoms with Crippen LogP contribution < -0.4 is 0 Å². The Morgan fingerprint density at radius 3 is 2.44 bits per heavy atom. The molecule has 0 aromatic rings. The second-order valence-corrected chi connectivity index (χ2v) is 6.87. The summed E-state index contributed by atoms with van der Waals surface area (Å²) in [6.45, 7) is 6.36. The molecule has 0 amide bonds. The smallest absolute Gasteiger partial charge is 0.302 e. The molecule has 1 fully saturated rings. The van der Waals surface area contributed by atoms with Gasteiger partial charge in [-0.25, -0.2) is 4.57 Å². The molecule has 1 aliphatic rings. The van der Waals surface area contributed by atoms with Crippen molar-refractivity contribution in [3.05, 3.63) is 0 Å². The van der Waals surface area contributed by atoms with E-state index < -0.39 is 7.82 Å². The highest BCUT2D eigenvalue weighted by Gasteiger charge is 2.33. The minimum Gasteiger partial charge on any atom is -0.302 e. The van der Waals surface area contributed by atoms with Gasteiger partial charge in [0.25, 0.3) is 0 Å². The normalized spacial score (nSPS) is 34.6. The molecule has 0 saturated carbocycles. The summed E-state index contributed by atoms with van der Waals surface area (Å²) in [5, 5.41) is 0. The van der Waals surface area contributed by atoms with Crippen molar-refractivity contribution in [1.29, 1.82) is 0 Å². The van der Waals surface area contributed by atoms with Crippen molar-refractivity contribution in [2.75, 3.05) is 6.61 Å². The molecule has 1 rings (SSSR count). The first-order chi connectivity index (χ1) is 7.31. The monoisotopic (exact) mass is 250 g/mol. The molecule has 96 valence electrons. The third-order valence-electron chi connectivity index (χ3n) is 2.84. The third-order valence-corrected chi connectivity index (χ3v) is 3.87. The first-order valence-corrected chi connectivity index (χ1v) is 7.46. The van der Waals surface area contributed by atoms with Crippen molar-refractivity contribution in [2.24, 2.45) is 5.41 Å². The molecule has 2 unspecified atom stereocenters. The predicted octanol–water partition coefficient (Wildman–Crippen LogP) is 3.50. The van der Waals surface area contributed by atoms with Gasteiger partial charge in [-0.15, -0.1) is 0 Å². The molecule has 1 N–H and O–H groups in total. The highest BCUT2D eigenvalue weighted by atomic mass is 31.2. The quantitative estimate of drug-likeness (QED) is 0.668. The lowest BCUT2D eigenvalue weighted by atomic mass is 9.86. The number of rotatable bonds is 0. The molecule has 0 aromatic carbocycles. The Morgan fingerprint density at radius 1 is 1.19 bits per heavy atom. The maximum atomic E-state index is 11.6. The first kappa shape index (κ1) is 14.2. The van der Waals surface area contributed by atoms with Crippen LogP contribution in [0.2, 0.25) is 0 Å². The third kappa shape index (κ3) is 4.96. The average molecular weight is 250 g/mol. The van der Waals surface area contributed by atoms with E-state index in [-0.39, 0.29) is 11.5 Å². The van der Waals surface area contributed by atoms with Gasteiger partial charge in [-0.1, -0.05) is 40.0 Å². The van der Waals surface area contributed by atoms with Crippen LogP contribution in [0.3, 0.4) is 0 Å². The van der Waals surface area contributed by atoms with Crippen LogP contribution in [0, 0.1) is 5.41 Å². The highest BCUT2D eigenvalue weighted by Crippen LogP contribution is 2.48. The Labute approximate surface area is 98.0 Å². The zero-order chi connectivity index (χ0) is 12.2. The molecule has 16 heavy (non-hydrogen) atoms. The van der Waals surface area contributed by atoms with Gasteiger partial charge >= 0.3 is 7.82 Å². The molecule has 0 spiro atoms. The maximum absolute atomic E-state index is 11.6. The fourth-order valence-electron chi connectivity index (χ4n) is 1.80. The van der Waals surface area contributed by atoms with E-state index in [0.29, 0.717) is 6.61 Å². The molecule has 0 radical (unpaired) electrons. The summed E-state index contributed by atoms with van der Waals surface area (Å²) in [6, 6.07) is 0. The van der Waals surface area contributed by atoms with Gasteiger partial charge < -0.3 is 4.89 Å². The Morgan fingerprint density at radius 2 is 1.81 bits per heavy atom. The Bertz CT molecular complexity index is 259. The summed E-state index contributed by atoms with van der Waals surface area (Å²) in [7, 11) is -3.86. The van der Waals surface area contributed by atoms with Gasteiger partial charge in [0.1, 0.15) is 0 Å². The summed E-state index contributed by atoms with van der Waals surface area (Å²) < 4.78 is 21.8. The van der Waals surface area contributed by atoms with Crippen LogP contribution in [0.5, 0.6) is 0 Å². The van der Waals surface area contributed by atoms with Gasteiger partial charge in [0, 0.05) is 0 Å². The van der Waals surface area contributed by atoms with E-state index in [0.717, 1.165) is 32.1 Å². The number of hydrogen-bond donors (Lipinski definition) is 1. The molecular formula is C11H23O4P. The lowest BCUT2D eigenvalue weighted by molar-refractivity contribution is 0.0297. The second-order valence-electron chi connectivity index (χ2n) is 5.46. The molecule has 0 aromatic heterocycles. The van der Waals surface area contributed by atoms with E-state index in [2.05, 4.69) is 0 Å². The van der Waals surface area contributed by atoms with Crippen LogP contribution >= 0.6 is 7.82 Å². The van der Waals surface area contributed by atoms with E-state index in [1.165, 1.54) is 0 Å². The summed E-state index contributed by atoms with van der Waals surface area (Å²) in [5.41, 5.74) is -0.138. The highest BCUT2D eigenvalue weighted by molar-refractivity contribution is 7.47. The van der Waals surface area contributed by atoms with E-state index >= 15 is 0 Å². The van der Waals surface area contributed by atoms with E-state index in [4.69, 9.17) is 9.05 Å². The van der Waals surface area contributed by atoms with Gasteiger partial charge in [-0.2, -0.15) is 0 Å². The van der Waals surface area contributed by atoms with E-state index in [1.54, 1.807) is 0 Å². The van der Waals surface area contributed by atoms with Gasteiger partial charge in [-0.05, 0) is 18.3 Å². The molecule has 5 heteroatoms. The maximum Gasteiger partial charge on any atom is 0.472 e. The fourth-order valence-corrected chi connectivity index (χ4v) is 2.96. The van der Waals surface area contributed by atoms with Gasteiger partial charge in [0.05, 0.1) is 12.7 Å². The van der Waals surface area contributed by atoms with Crippen LogP contribution in [0.25, 0.3) is 0 Å². The Kier molecular flexibility index (Phi) is 4.99. The molecule has 0 aliphatic carbocycles. The Hall–Kier alpha value is 0.110. The summed E-state index contributed by atoms with van der Waals surface area (Å²) >= 11 is 0. The van der Waals surface area contributed by atoms with Crippen molar-refractivity contribution >= 4 is 7.82 Å². The molecule has 1 aliphatic heterocycles. The van der Waals surface area contributed by atoms with Crippen molar-refractivity contribution < 1.29 is 18.5 Å². The second kappa shape index (κ2) is 5.63.